The summed E-state index contributed by atoms with van der Waals surface area (Å²) in [6.07, 6.45) is 2.89. The molecule has 0 aliphatic carbocycles. The van der Waals surface area contributed by atoms with E-state index in [0.29, 0.717) is 24.5 Å². The number of anilines is 2. The predicted molar refractivity (Wildman–Crippen MR) is 64.1 cm³/mol. The number of nitrogens with two attached hydrogens (primary N) is 1. The Kier molecular flexibility index (Phi) is 4.08. The van der Waals surface area contributed by atoms with Crippen LogP contribution in [-0.2, 0) is 10.2 Å². The normalized spacial score (nSPS) is 11.7. The van der Waals surface area contributed by atoms with Crippen molar-refractivity contribution in [3.05, 3.63) is 18.5 Å². The third-order valence-corrected chi connectivity index (χ3v) is 3.81. The molecule has 0 bridgehead atoms. The summed E-state index contributed by atoms with van der Waals surface area (Å²) in [6.45, 7) is 4.38. The second kappa shape index (κ2) is 5.13. The van der Waals surface area contributed by atoms with Gasteiger partial charge in [0.2, 0.25) is 0 Å². The number of nitrogens with one attached hydrogen (secondary N) is 1. The first-order valence-electron chi connectivity index (χ1n) is 4.98. The molecule has 90 valence electrons. The van der Waals surface area contributed by atoms with Crippen LogP contribution in [0.25, 0.3) is 0 Å². The Morgan fingerprint density at radius 2 is 2.06 bits per heavy atom. The Morgan fingerprint density at radius 1 is 1.44 bits per heavy atom. The maximum Gasteiger partial charge on any atom is 0.301 e. The van der Waals surface area contributed by atoms with Crippen LogP contribution in [0.15, 0.2) is 18.5 Å². The van der Waals surface area contributed by atoms with Crippen molar-refractivity contribution in [2.45, 2.75) is 13.8 Å². The molecule has 1 aromatic heterocycles. The summed E-state index contributed by atoms with van der Waals surface area (Å²) in [5.74, 6) is 0. The van der Waals surface area contributed by atoms with Crippen LogP contribution in [0.3, 0.4) is 0 Å². The van der Waals surface area contributed by atoms with Crippen molar-refractivity contribution in [2.75, 3.05) is 23.5 Å². The Balaban J connectivity index is 2.93. The fourth-order valence-electron chi connectivity index (χ4n) is 1.27. The minimum atomic E-state index is -3.52. The highest BCUT2D eigenvalue weighted by Gasteiger charge is 2.18. The third kappa shape index (κ3) is 2.83. The van der Waals surface area contributed by atoms with Crippen molar-refractivity contribution in [1.29, 1.82) is 0 Å². The molecule has 0 spiro atoms. The van der Waals surface area contributed by atoms with E-state index in [0.717, 1.165) is 0 Å². The zero-order valence-corrected chi connectivity index (χ0v) is 10.2. The van der Waals surface area contributed by atoms with Crippen LogP contribution >= 0.6 is 0 Å². The maximum atomic E-state index is 11.9. The molecule has 0 unspecified atom stereocenters. The van der Waals surface area contributed by atoms with Gasteiger partial charge in [-0.25, -0.2) is 0 Å². The Bertz CT molecular complexity index is 443. The molecule has 1 aromatic rings. The van der Waals surface area contributed by atoms with E-state index in [2.05, 4.69) is 9.71 Å². The van der Waals surface area contributed by atoms with Crippen LogP contribution in [-0.4, -0.2) is 30.8 Å². The molecule has 3 N–H and O–H groups in total. The van der Waals surface area contributed by atoms with Crippen molar-refractivity contribution in [2.24, 2.45) is 0 Å². The molecule has 16 heavy (non-hydrogen) atoms. The van der Waals surface area contributed by atoms with Crippen molar-refractivity contribution in [3.63, 3.8) is 0 Å². The van der Waals surface area contributed by atoms with Crippen molar-refractivity contribution in [1.82, 2.24) is 9.29 Å². The lowest BCUT2D eigenvalue weighted by atomic mass is 10.4. The van der Waals surface area contributed by atoms with Gasteiger partial charge in [-0.1, -0.05) is 13.8 Å². The van der Waals surface area contributed by atoms with Crippen LogP contribution in [0.4, 0.5) is 11.4 Å². The second-order valence-electron chi connectivity index (χ2n) is 3.15. The number of aromatic nitrogens is 1. The molecule has 0 saturated carbocycles. The lowest BCUT2D eigenvalue weighted by Gasteiger charge is -2.19. The molecular weight excluding hydrogens is 228 g/mol. The topological polar surface area (TPSA) is 88.3 Å². The monoisotopic (exact) mass is 244 g/mol. The highest BCUT2D eigenvalue weighted by Crippen LogP contribution is 2.17. The first-order valence-corrected chi connectivity index (χ1v) is 6.42. The summed E-state index contributed by atoms with van der Waals surface area (Å²) < 4.78 is 27.4. The van der Waals surface area contributed by atoms with E-state index in [1.807, 2.05) is 0 Å². The van der Waals surface area contributed by atoms with E-state index in [9.17, 15) is 8.42 Å². The number of nitrogen functional groups attached to an aromatic ring is 1. The zero-order chi connectivity index (χ0) is 12.2. The molecule has 1 heterocycles. The fraction of sp³-hybridized carbons (Fsp3) is 0.444. The molecule has 1 rings (SSSR count). The van der Waals surface area contributed by atoms with Crippen molar-refractivity contribution >= 4 is 21.6 Å². The second-order valence-corrected chi connectivity index (χ2v) is 4.82. The van der Waals surface area contributed by atoms with Gasteiger partial charge in [-0.3, -0.25) is 9.71 Å². The summed E-state index contributed by atoms with van der Waals surface area (Å²) in [5.41, 5.74) is 6.26. The van der Waals surface area contributed by atoms with Crippen LogP contribution in [0.2, 0.25) is 0 Å². The molecule has 7 heteroatoms. The average molecular weight is 244 g/mol. The lowest BCUT2D eigenvalue weighted by Crippen LogP contribution is -2.35. The Labute approximate surface area is 95.7 Å². The lowest BCUT2D eigenvalue weighted by molar-refractivity contribution is 0.449. The van der Waals surface area contributed by atoms with Crippen LogP contribution < -0.4 is 10.5 Å². The number of hydrogen-bond donors (Lipinski definition) is 2. The highest BCUT2D eigenvalue weighted by atomic mass is 32.2. The molecule has 0 saturated heterocycles. The molecule has 6 nitrogen and oxygen atoms in total. The van der Waals surface area contributed by atoms with Gasteiger partial charge in [-0.2, -0.15) is 12.7 Å². The van der Waals surface area contributed by atoms with Gasteiger partial charge in [0.15, 0.2) is 0 Å². The number of rotatable bonds is 5. The molecule has 0 atom stereocenters. The minimum absolute atomic E-state index is 0.304. The molecule has 0 radical (unpaired) electrons. The van der Waals surface area contributed by atoms with E-state index in [1.54, 1.807) is 13.8 Å². The standard InChI is InChI=1S/C9H16N4O2S/c1-3-13(4-2)16(14,15)12-9-5-6-11-7-8(9)10/h5-7H,3-4,10H2,1-2H3,(H,11,12). The summed E-state index contributed by atoms with van der Waals surface area (Å²) in [7, 11) is -3.52. The SMILES string of the molecule is CCN(CC)S(=O)(=O)Nc1ccncc1N. The molecule has 0 aliphatic heterocycles. The number of pyridine rings is 1. The van der Waals surface area contributed by atoms with Gasteiger partial charge in [0.05, 0.1) is 17.6 Å². The van der Waals surface area contributed by atoms with Gasteiger partial charge in [0.1, 0.15) is 0 Å². The summed E-state index contributed by atoms with van der Waals surface area (Å²) >= 11 is 0. The molecule has 0 aromatic carbocycles. The van der Waals surface area contributed by atoms with Gasteiger partial charge in [-0.15, -0.1) is 0 Å². The van der Waals surface area contributed by atoms with E-state index < -0.39 is 10.2 Å². The minimum Gasteiger partial charge on any atom is -0.396 e. The quantitative estimate of drug-likeness (QED) is 0.796. The number of hydrogen-bond acceptors (Lipinski definition) is 4. The number of nitrogens with zero attached hydrogens (tertiary/aromatic N) is 2. The first-order chi connectivity index (χ1) is 7.51. The van der Waals surface area contributed by atoms with E-state index in [-0.39, 0.29) is 0 Å². The van der Waals surface area contributed by atoms with Crippen LogP contribution in [0.5, 0.6) is 0 Å². The largest absolute Gasteiger partial charge is 0.396 e. The van der Waals surface area contributed by atoms with Gasteiger partial charge in [0.25, 0.3) is 0 Å². The molecule has 0 aliphatic rings. The Hall–Kier alpha value is -1.34. The summed E-state index contributed by atoms with van der Waals surface area (Å²) in [4.78, 5) is 3.79. The van der Waals surface area contributed by atoms with Crippen LogP contribution in [0, 0.1) is 0 Å². The summed E-state index contributed by atoms with van der Waals surface area (Å²) in [5, 5.41) is 0. The average Bonchev–Trinajstić information content (AvgIpc) is 2.22. The van der Waals surface area contributed by atoms with E-state index in [4.69, 9.17) is 5.73 Å². The fourth-order valence-corrected chi connectivity index (χ4v) is 2.54. The van der Waals surface area contributed by atoms with Gasteiger partial charge >= 0.3 is 10.2 Å². The first kappa shape index (κ1) is 12.7. The maximum absolute atomic E-state index is 11.9. The van der Waals surface area contributed by atoms with Gasteiger partial charge in [-0.05, 0) is 6.07 Å². The van der Waals surface area contributed by atoms with E-state index >= 15 is 0 Å². The molecule has 0 fully saturated rings. The summed E-state index contributed by atoms with van der Waals surface area (Å²) in [6, 6.07) is 1.52. The van der Waals surface area contributed by atoms with Gasteiger partial charge < -0.3 is 5.73 Å². The van der Waals surface area contributed by atoms with Crippen LogP contribution in [0.1, 0.15) is 13.8 Å². The smallest absolute Gasteiger partial charge is 0.301 e. The zero-order valence-electron chi connectivity index (χ0n) is 9.34. The third-order valence-electron chi connectivity index (χ3n) is 2.14. The molecular formula is C9H16N4O2S. The predicted octanol–water partition coefficient (Wildman–Crippen LogP) is 0.662. The Morgan fingerprint density at radius 3 is 2.56 bits per heavy atom. The van der Waals surface area contributed by atoms with E-state index in [1.165, 1.54) is 22.8 Å². The molecule has 0 amide bonds. The van der Waals surface area contributed by atoms with Gasteiger partial charge in [0, 0.05) is 19.3 Å². The van der Waals surface area contributed by atoms with Crippen molar-refractivity contribution < 1.29 is 8.42 Å². The van der Waals surface area contributed by atoms with Crippen molar-refractivity contribution in [3.8, 4) is 0 Å². The highest BCUT2D eigenvalue weighted by molar-refractivity contribution is 7.90.